The molecule has 1 amide bonds. The highest BCUT2D eigenvalue weighted by molar-refractivity contribution is 5.77. The minimum Gasteiger partial charge on any atom is -0.376 e. The maximum absolute atomic E-state index is 12.3. The molecule has 2 fully saturated rings. The average Bonchev–Trinajstić information content (AvgIpc) is 2.65. The van der Waals surface area contributed by atoms with Gasteiger partial charge in [0, 0.05) is 45.9 Å². The summed E-state index contributed by atoms with van der Waals surface area (Å²) < 4.78 is 12.4. The third-order valence-electron chi connectivity index (χ3n) is 4.75. The van der Waals surface area contributed by atoms with Gasteiger partial charge in [-0.15, -0.1) is 0 Å². The van der Waals surface area contributed by atoms with Crippen LogP contribution in [0.5, 0.6) is 0 Å². The summed E-state index contributed by atoms with van der Waals surface area (Å²) in [5.74, 6) is 0.0116. The number of piperazine rings is 1. The number of carbonyl (C=O) groups excluding carboxylic acids is 1. The molecule has 0 radical (unpaired) electrons. The van der Waals surface area contributed by atoms with Gasteiger partial charge in [-0.3, -0.25) is 9.59 Å². The van der Waals surface area contributed by atoms with Crippen LogP contribution in [0.1, 0.15) is 19.3 Å². The van der Waals surface area contributed by atoms with Crippen LogP contribution in [0.25, 0.3) is 0 Å². The number of carbonyl (C=O) groups is 1. The van der Waals surface area contributed by atoms with Crippen LogP contribution in [-0.4, -0.2) is 72.7 Å². The maximum atomic E-state index is 12.3. The molecule has 0 spiro atoms. The van der Waals surface area contributed by atoms with Crippen molar-refractivity contribution in [1.29, 1.82) is 0 Å². The SMILES string of the molecule is Cn1ncc(N2CCN(C(=O)COC[C@@H]3CCCCO3)CC2)cc1=O. The van der Waals surface area contributed by atoms with E-state index in [-0.39, 0.29) is 24.2 Å². The first-order valence-electron chi connectivity index (χ1n) is 8.89. The van der Waals surface area contributed by atoms with E-state index >= 15 is 0 Å². The molecule has 25 heavy (non-hydrogen) atoms. The van der Waals surface area contributed by atoms with Crippen molar-refractivity contribution in [2.45, 2.75) is 25.4 Å². The van der Waals surface area contributed by atoms with Crippen LogP contribution in [-0.2, 0) is 21.3 Å². The van der Waals surface area contributed by atoms with Crippen molar-refractivity contribution in [2.24, 2.45) is 7.05 Å². The number of amides is 1. The number of rotatable bonds is 5. The summed E-state index contributed by atoms with van der Waals surface area (Å²) in [6.07, 6.45) is 5.11. The lowest BCUT2D eigenvalue weighted by Gasteiger charge is -2.35. The number of hydrogen-bond donors (Lipinski definition) is 0. The van der Waals surface area contributed by atoms with E-state index in [9.17, 15) is 9.59 Å². The monoisotopic (exact) mass is 350 g/mol. The van der Waals surface area contributed by atoms with Crippen molar-refractivity contribution in [3.05, 3.63) is 22.6 Å². The minimum atomic E-state index is -0.130. The molecule has 2 aliphatic heterocycles. The molecule has 0 aromatic carbocycles. The molecular weight excluding hydrogens is 324 g/mol. The van der Waals surface area contributed by atoms with E-state index in [0.717, 1.165) is 25.1 Å². The molecule has 2 saturated heterocycles. The van der Waals surface area contributed by atoms with Crippen molar-refractivity contribution in [1.82, 2.24) is 14.7 Å². The summed E-state index contributed by atoms with van der Waals surface area (Å²) in [6.45, 7) is 4.01. The van der Waals surface area contributed by atoms with Gasteiger partial charge in [0.25, 0.3) is 5.56 Å². The standard InChI is InChI=1S/C17H26N4O4/c1-19-16(22)10-14(11-18-19)20-5-7-21(8-6-20)17(23)13-24-12-15-4-2-3-9-25-15/h10-11,15H,2-9,12-13H2,1H3/t15-/m0/s1. The second-order valence-electron chi connectivity index (χ2n) is 6.55. The Bertz CT molecular complexity index is 634. The van der Waals surface area contributed by atoms with E-state index in [1.54, 1.807) is 19.3 Å². The van der Waals surface area contributed by atoms with Gasteiger partial charge < -0.3 is 19.3 Å². The number of hydrogen-bond acceptors (Lipinski definition) is 6. The highest BCUT2D eigenvalue weighted by Gasteiger charge is 2.22. The van der Waals surface area contributed by atoms with Gasteiger partial charge in [-0.2, -0.15) is 5.10 Å². The predicted molar refractivity (Wildman–Crippen MR) is 92.7 cm³/mol. The zero-order valence-corrected chi connectivity index (χ0v) is 14.7. The van der Waals surface area contributed by atoms with Gasteiger partial charge in [0.1, 0.15) is 6.61 Å². The maximum Gasteiger partial charge on any atom is 0.268 e. The van der Waals surface area contributed by atoms with Crippen LogP contribution in [0, 0.1) is 0 Å². The smallest absolute Gasteiger partial charge is 0.268 e. The summed E-state index contributed by atoms with van der Waals surface area (Å²) in [5.41, 5.74) is 0.676. The third-order valence-corrected chi connectivity index (χ3v) is 4.75. The van der Waals surface area contributed by atoms with Gasteiger partial charge in [0.2, 0.25) is 5.91 Å². The topological polar surface area (TPSA) is 76.9 Å². The van der Waals surface area contributed by atoms with Gasteiger partial charge in [0.05, 0.1) is 24.6 Å². The third kappa shape index (κ3) is 4.79. The molecule has 0 N–H and O–H groups in total. The molecule has 8 heteroatoms. The van der Waals surface area contributed by atoms with Crippen LogP contribution >= 0.6 is 0 Å². The Morgan fingerprint density at radius 1 is 1.32 bits per heavy atom. The molecule has 138 valence electrons. The zero-order chi connectivity index (χ0) is 17.6. The van der Waals surface area contributed by atoms with Gasteiger partial charge in [-0.1, -0.05) is 0 Å². The molecule has 0 unspecified atom stereocenters. The summed E-state index contributed by atoms with van der Waals surface area (Å²) in [7, 11) is 1.63. The fraction of sp³-hybridized carbons (Fsp3) is 0.706. The van der Waals surface area contributed by atoms with Crippen LogP contribution in [0.4, 0.5) is 5.69 Å². The second-order valence-corrected chi connectivity index (χ2v) is 6.55. The summed E-state index contributed by atoms with van der Waals surface area (Å²) in [5, 5.41) is 4.04. The van der Waals surface area contributed by atoms with E-state index in [1.165, 1.54) is 11.1 Å². The van der Waals surface area contributed by atoms with Crippen molar-refractivity contribution < 1.29 is 14.3 Å². The second kappa shape index (κ2) is 8.44. The molecule has 0 saturated carbocycles. The summed E-state index contributed by atoms with van der Waals surface area (Å²) in [6, 6.07) is 1.58. The molecule has 8 nitrogen and oxygen atoms in total. The Labute approximate surface area is 147 Å². The van der Waals surface area contributed by atoms with E-state index in [1.807, 2.05) is 4.90 Å². The number of anilines is 1. The highest BCUT2D eigenvalue weighted by Crippen LogP contribution is 2.14. The van der Waals surface area contributed by atoms with Crippen LogP contribution < -0.4 is 10.5 Å². The molecule has 3 rings (SSSR count). The molecule has 1 atom stereocenters. The lowest BCUT2D eigenvalue weighted by Crippen LogP contribution is -2.50. The Kier molecular flexibility index (Phi) is 6.04. The van der Waals surface area contributed by atoms with E-state index in [0.29, 0.717) is 32.8 Å². The van der Waals surface area contributed by atoms with Gasteiger partial charge in [0.15, 0.2) is 0 Å². The van der Waals surface area contributed by atoms with Gasteiger partial charge in [-0.25, -0.2) is 4.68 Å². The number of nitrogens with zero attached hydrogens (tertiary/aromatic N) is 4. The molecular formula is C17H26N4O4. The van der Waals surface area contributed by atoms with E-state index < -0.39 is 0 Å². The minimum absolute atomic E-state index is 0.0116. The van der Waals surface area contributed by atoms with Crippen molar-refractivity contribution in [3.8, 4) is 0 Å². The predicted octanol–water partition coefficient (Wildman–Crippen LogP) is 0.0146. The zero-order valence-electron chi connectivity index (χ0n) is 14.7. The summed E-state index contributed by atoms with van der Waals surface area (Å²) in [4.78, 5) is 27.8. The summed E-state index contributed by atoms with van der Waals surface area (Å²) >= 11 is 0. The number of aryl methyl sites for hydroxylation is 1. The molecule has 2 aliphatic rings. The van der Waals surface area contributed by atoms with Crippen molar-refractivity contribution >= 4 is 11.6 Å². The number of aromatic nitrogens is 2. The van der Waals surface area contributed by atoms with Gasteiger partial charge >= 0.3 is 0 Å². The van der Waals surface area contributed by atoms with E-state index in [2.05, 4.69) is 10.00 Å². The fourth-order valence-electron chi connectivity index (χ4n) is 3.15. The lowest BCUT2D eigenvalue weighted by atomic mass is 10.1. The molecule has 3 heterocycles. The lowest BCUT2D eigenvalue weighted by molar-refractivity contribution is -0.138. The largest absolute Gasteiger partial charge is 0.376 e. The van der Waals surface area contributed by atoms with Gasteiger partial charge in [-0.05, 0) is 19.3 Å². The van der Waals surface area contributed by atoms with E-state index in [4.69, 9.17) is 9.47 Å². The van der Waals surface area contributed by atoms with Crippen molar-refractivity contribution in [2.75, 3.05) is 50.9 Å². The first kappa shape index (κ1) is 17.9. The quantitative estimate of drug-likeness (QED) is 0.745. The number of ether oxygens (including phenoxy) is 2. The molecule has 0 bridgehead atoms. The molecule has 1 aromatic rings. The average molecular weight is 350 g/mol. The molecule has 0 aliphatic carbocycles. The van der Waals surface area contributed by atoms with Crippen LogP contribution in [0.3, 0.4) is 0 Å². The van der Waals surface area contributed by atoms with Crippen LogP contribution in [0.2, 0.25) is 0 Å². The fourth-order valence-corrected chi connectivity index (χ4v) is 3.15. The Hall–Kier alpha value is -1.93. The Morgan fingerprint density at radius 2 is 2.12 bits per heavy atom. The normalized spacial score (nSPS) is 21.4. The highest BCUT2D eigenvalue weighted by atomic mass is 16.5. The van der Waals surface area contributed by atoms with Crippen LogP contribution in [0.15, 0.2) is 17.1 Å². The molecule has 1 aromatic heterocycles. The Morgan fingerprint density at radius 3 is 2.80 bits per heavy atom. The first-order chi connectivity index (χ1) is 12.1. The van der Waals surface area contributed by atoms with Crippen molar-refractivity contribution in [3.63, 3.8) is 0 Å². The Balaban J connectivity index is 1.41. The first-order valence-corrected chi connectivity index (χ1v) is 8.89.